The third-order valence-electron chi connectivity index (χ3n) is 1.96. The number of hydroxylamine groups is 2. The molecule has 1 amide bonds. The predicted octanol–water partition coefficient (Wildman–Crippen LogP) is -1.37. The highest BCUT2D eigenvalue weighted by molar-refractivity contribution is 5.63. The summed E-state index contributed by atoms with van der Waals surface area (Å²) in [5.74, 6) is -0.332. The largest absolute Gasteiger partial charge is 0.627 e. The van der Waals surface area contributed by atoms with E-state index in [9.17, 15) is 10.0 Å². The van der Waals surface area contributed by atoms with Gasteiger partial charge in [0.2, 0.25) is 0 Å². The number of carbonyl (C=O) groups is 1. The standard InChI is InChI=1S/C9H21N3O2/c1-9(13)12(14)8-3-2-6-11-7-4-5-10/h11-12H,2-8,10H2,1H3. The quantitative estimate of drug-likeness (QED) is 0.336. The van der Waals surface area contributed by atoms with Gasteiger partial charge in [0.05, 0.1) is 13.5 Å². The van der Waals surface area contributed by atoms with Crippen LogP contribution >= 0.6 is 0 Å². The van der Waals surface area contributed by atoms with Crippen LogP contribution in [-0.2, 0) is 4.79 Å². The Morgan fingerprint density at radius 3 is 2.57 bits per heavy atom. The smallest absolute Gasteiger partial charge is 0.308 e. The molecule has 5 nitrogen and oxygen atoms in total. The fraction of sp³-hybridized carbons (Fsp3) is 0.889. The molecule has 0 aromatic heterocycles. The van der Waals surface area contributed by atoms with Crippen LogP contribution in [0.4, 0.5) is 0 Å². The molecule has 0 aliphatic rings. The van der Waals surface area contributed by atoms with Gasteiger partial charge < -0.3 is 21.3 Å². The Kier molecular flexibility index (Phi) is 8.76. The lowest BCUT2D eigenvalue weighted by Gasteiger charge is -2.17. The molecule has 0 aromatic carbocycles. The zero-order chi connectivity index (χ0) is 10.8. The number of unbranched alkanes of at least 4 members (excludes halogenated alkanes) is 1. The van der Waals surface area contributed by atoms with Gasteiger partial charge in [-0.3, -0.25) is 0 Å². The van der Waals surface area contributed by atoms with Gasteiger partial charge in [-0.2, -0.15) is 0 Å². The molecule has 0 radical (unpaired) electrons. The summed E-state index contributed by atoms with van der Waals surface area (Å²) in [5.41, 5.74) is 5.32. The molecule has 1 unspecified atom stereocenters. The summed E-state index contributed by atoms with van der Waals surface area (Å²) >= 11 is 0. The van der Waals surface area contributed by atoms with Gasteiger partial charge in [-0.05, 0) is 38.9 Å². The number of rotatable bonds is 8. The van der Waals surface area contributed by atoms with Gasteiger partial charge in [-0.15, -0.1) is 0 Å². The van der Waals surface area contributed by atoms with Crippen LogP contribution in [0, 0.1) is 5.21 Å². The number of carbonyl (C=O) groups excluding carboxylic acids is 1. The van der Waals surface area contributed by atoms with Crippen LogP contribution < -0.4 is 16.1 Å². The number of hydrogen-bond acceptors (Lipinski definition) is 4. The summed E-state index contributed by atoms with van der Waals surface area (Å²) < 4.78 is 0. The van der Waals surface area contributed by atoms with Crippen LogP contribution in [0.1, 0.15) is 26.2 Å². The van der Waals surface area contributed by atoms with Crippen molar-refractivity contribution in [3.05, 3.63) is 5.21 Å². The molecule has 84 valence electrons. The summed E-state index contributed by atoms with van der Waals surface area (Å²) in [6.45, 7) is 4.23. The van der Waals surface area contributed by atoms with Crippen molar-refractivity contribution in [1.29, 1.82) is 0 Å². The third kappa shape index (κ3) is 8.12. The number of nitrogens with one attached hydrogen (secondary N) is 2. The number of amides is 1. The molecule has 0 spiro atoms. The van der Waals surface area contributed by atoms with Crippen molar-refractivity contribution in [2.75, 3.05) is 26.2 Å². The summed E-state index contributed by atoms with van der Waals surface area (Å²) in [5, 5.41) is 13.8. The first kappa shape index (κ1) is 13.5. The molecular weight excluding hydrogens is 182 g/mol. The van der Waals surface area contributed by atoms with Crippen molar-refractivity contribution < 1.29 is 9.86 Å². The van der Waals surface area contributed by atoms with Gasteiger partial charge in [0, 0.05) is 0 Å². The lowest BCUT2D eigenvalue weighted by molar-refractivity contribution is -0.764. The van der Waals surface area contributed by atoms with E-state index in [-0.39, 0.29) is 11.0 Å². The third-order valence-corrected chi connectivity index (χ3v) is 1.96. The Hall–Kier alpha value is -0.490. The van der Waals surface area contributed by atoms with Crippen molar-refractivity contribution in [3.63, 3.8) is 0 Å². The zero-order valence-electron chi connectivity index (χ0n) is 8.84. The first-order valence-electron chi connectivity index (χ1n) is 5.13. The molecule has 5 heteroatoms. The average molecular weight is 203 g/mol. The maximum absolute atomic E-state index is 10.9. The van der Waals surface area contributed by atoms with Crippen molar-refractivity contribution in [3.8, 4) is 0 Å². The van der Waals surface area contributed by atoms with Gasteiger partial charge >= 0.3 is 5.91 Å². The van der Waals surface area contributed by atoms with E-state index in [0.29, 0.717) is 13.1 Å². The number of nitrogens with two attached hydrogens (primary N) is 1. The van der Waals surface area contributed by atoms with Crippen molar-refractivity contribution in [2.45, 2.75) is 26.2 Å². The maximum Gasteiger partial charge on any atom is 0.308 e. The lowest BCUT2D eigenvalue weighted by Crippen LogP contribution is -3.09. The second-order valence-electron chi connectivity index (χ2n) is 3.33. The molecular formula is C9H21N3O2. The van der Waals surface area contributed by atoms with E-state index in [2.05, 4.69) is 5.32 Å². The molecule has 0 aliphatic heterocycles. The van der Waals surface area contributed by atoms with E-state index < -0.39 is 0 Å². The maximum atomic E-state index is 10.9. The highest BCUT2D eigenvalue weighted by Crippen LogP contribution is 1.82. The number of hydrogen-bond donors (Lipinski definition) is 3. The van der Waals surface area contributed by atoms with E-state index in [1.807, 2.05) is 0 Å². The predicted molar refractivity (Wildman–Crippen MR) is 55.7 cm³/mol. The van der Waals surface area contributed by atoms with Crippen LogP contribution in [-0.4, -0.2) is 32.1 Å². The summed E-state index contributed by atoms with van der Waals surface area (Å²) in [6, 6.07) is 0. The fourth-order valence-electron chi connectivity index (χ4n) is 1.06. The van der Waals surface area contributed by atoms with Gasteiger partial charge in [0.15, 0.2) is 0 Å². The van der Waals surface area contributed by atoms with Crippen molar-refractivity contribution in [1.82, 2.24) is 5.32 Å². The molecule has 0 saturated heterocycles. The second kappa shape index (κ2) is 9.08. The Morgan fingerprint density at radius 2 is 2.00 bits per heavy atom. The molecule has 14 heavy (non-hydrogen) atoms. The first-order chi connectivity index (χ1) is 6.68. The van der Waals surface area contributed by atoms with E-state index in [1.165, 1.54) is 6.92 Å². The lowest BCUT2D eigenvalue weighted by atomic mass is 10.3. The van der Waals surface area contributed by atoms with Crippen LogP contribution in [0.5, 0.6) is 0 Å². The molecule has 0 rings (SSSR count). The highest BCUT2D eigenvalue weighted by atomic mass is 16.5. The highest BCUT2D eigenvalue weighted by Gasteiger charge is 2.01. The van der Waals surface area contributed by atoms with Crippen LogP contribution in [0.3, 0.4) is 0 Å². The molecule has 0 fully saturated rings. The van der Waals surface area contributed by atoms with Gasteiger partial charge in [0.1, 0.15) is 0 Å². The van der Waals surface area contributed by atoms with Crippen molar-refractivity contribution in [2.24, 2.45) is 5.73 Å². The SMILES string of the molecule is CC(=O)[NH+]([O-])CCCCNCCCN. The minimum atomic E-state index is -0.332. The second-order valence-corrected chi connectivity index (χ2v) is 3.33. The van der Waals surface area contributed by atoms with E-state index >= 15 is 0 Å². The van der Waals surface area contributed by atoms with E-state index in [1.54, 1.807) is 0 Å². The normalized spacial score (nSPS) is 12.8. The van der Waals surface area contributed by atoms with Crippen molar-refractivity contribution >= 4 is 5.91 Å². The Labute approximate surface area is 85.2 Å². The number of quaternary nitrogens is 1. The molecule has 0 saturated carbocycles. The fourth-order valence-corrected chi connectivity index (χ4v) is 1.06. The molecule has 0 heterocycles. The van der Waals surface area contributed by atoms with Gasteiger partial charge in [-0.1, -0.05) is 0 Å². The minimum absolute atomic E-state index is 0.257. The Balaban J connectivity index is 3.09. The van der Waals surface area contributed by atoms with E-state index in [4.69, 9.17) is 5.73 Å². The first-order valence-corrected chi connectivity index (χ1v) is 5.13. The summed E-state index contributed by atoms with van der Waals surface area (Å²) in [6.07, 6.45) is 2.70. The van der Waals surface area contributed by atoms with Crippen LogP contribution in [0.15, 0.2) is 0 Å². The Morgan fingerprint density at radius 1 is 1.36 bits per heavy atom. The van der Waals surface area contributed by atoms with Gasteiger partial charge in [-0.25, -0.2) is 4.79 Å². The molecule has 4 N–H and O–H groups in total. The van der Waals surface area contributed by atoms with Crippen LogP contribution in [0.25, 0.3) is 0 Å². The summed E-state index contributed by atoms with van der Waals surface area (Å²) in [7, 11) is 0. The molecule has 0 aromatic rings. The van der Waals surface area contributed by atoms with Crippen LogP contribution in [0.2, 0.25) is 0 Å². The molecule has 0 bridgehead atoms. The topological polar surface area (TPSA) is 82.6 Å². The molecule has 0 aliphatic carbocycles. The molecule has 1 atom stereocenters. The average Bonchev–Trinajstić information content (AvgIpc) is 2.16. The zero-order valence-corrected chi connectivity index (χ0v) is 8.84. The monoisotopic (exact) mass is 203 g/mol. The minimum Gasteiger partial charge on any atom is -0.627 e. The van der Waals surface area contributed by atoms with Gasteiger partial charge in [0.25, 0.3) is 0 Å². The Bertz CT molecular complexity index is 153. The summed E-state index contributed by atoms with van der Waals surface area (Å²) in [4.78, 5) is 10.6. The van der Waals surface area contributed by atoms with E-state index in [0.717, 1.165) is 32.4 Å².